The zero-order chi connectivity index (χ0) is 28.6. The molecule has 4 heteroatoms. The number of carbonyl (C=O) groups is 2. The summed E-state index contributed by atoms with van der Waals surface area (Å²) in [5.41, 5.74) is 1.14. The molecule has 5 aliphatic carbocycles. The van der Waals surface area contributed by atoms with Crippen LogP contribution in [-0.2, 0) is 14.3 Å². The zero-order valence-electron chi connectivity index (χ0n) is 25.6. The number of carboxylic acid groups (broad SMARTS) is 1. The molecule has 1 N–H and O–H groups in total. The Bertz CT molecular complexity index is 1100. The van der Waals surface area contributed by atoms with Crippen molar-refractivity contribution in [2.24, 2.45) is 56.7 Å². The Balaban J connectivity index is 1.49. The molecule has 5 aliphatic rings. The molecule has 4 saturated carbocycles. The van der Waals surface area contributed by atoms with Gasteiger partial charge >= 0.3 is 11.9 Å². The van der Waals surface area contributed by atoms with Crippen molar-refractivity contribution in [3.8, 4) is 12.3 Å². The first-order chi connectivity index (χ1) is 18.2. The van der Waals surface area contributed by atoms with Gasteiger partial charge in [-0.15, -0.1) is 12.3 Å². The average Bonchev–Trinajstić information content (AvgIpc) is 2.87. The lowest BCUT2D eigenvalue weighted by Gasteiger charge is -2.71. The first kappa shape index (κ1) is 28.8. The lowest BCUT2D eigenvalue weighted by Crippen LogP contribution is -2.65. The van der Waals surface area contributed by atoms with Crippen LogP contribution in [0.3, 0.4) is 0 Å². The Hall–Kier alpha value is -1.76. The Morgan fingerprint density at radius 2 is 1.72 bits per heavy atom. The van der Waals surface area contributed by atoms with E-state index in [1.54, 1.807) is 0 Å². The summed E-state index contributed by atoms with van der Waals surface area (Å²) >= 11 is 0. The van der Waals surface area contributed by atoms with Crippen LogP contribution in [0, 0.1) is 69.0 Å². The van der Waals surface area contributed by atoms with Crippen molar-refractivity contribution in [2.75, 3.05) is 0 Å². The fourth-order valence-electron chi connectivity index (χ4n) is 11.4. The highest BCUT2D eigenvalue weighted by Crippen LogP contribution is 2.75. The van der Waals surface area contributed by atoms with Gasteiger partial charge in [0.25, 0.3) is 0 Å². The second kappa shape index (κ2) is 9.39. The number of fused-ring (bicyclic) bond motifs is 7. The number of hydrogen-bond donors (Lipinski definition) is 1. The van der Waals surface area contributed by atoms with Crippen LogP contribution < -0.4 is 0 Å². The van der Waals surface area contributed by atoms with Crippen LogP contribution in [0.1, 0.15) is 119 Å². The second-order valence-corrected chi connectivity index (χ2v) is 15.7. The van der Waals surface area contributed by atoms with Gasteiger partial charge in [0.05, 0.1) is 11.8 Å². The minimum Gasteiger partial charge on any atom is -0.481 e. The van der Waals surface area contributed by atoms with E-state index in [9.17, 15) is 14.7 Å². The van der Waals surface area contributed by atoms with E-state index in [4.69, 9.17) is 11.2 Å². The van der Waals surface area contributed by atoms with Gasteiger partial charge in [-0.1, -0.05) is 60.1 Å². The third-order valence-corrected chi connectivity index (χ3v) is 14.1. The van der Waals surface area contributed by atoms with E-state index >= 15 is 0 Å². The van der Waals surface area contributed by atoms with Gasteiger partial charge in [0.1, 0.15) is 6.10 Å². The maximum atomic E-state index is 12.9. The Labute approximate surface area is 237 Å². The van der Waals surface area contributed by atoms with E-state index in [-0.39, 0.29) is 39.7 Å². The van der Waals surface area contributed by atoms with Gasteiger partial charge in [0, 0.05) is 11.8 Å². The number of terminal acetylenes is 1. The number of rotatable bonds is 4. The van der Waals surface area contributed by atoms with Gasteiger partial charge in [-0.05, 0) is 104 Å². The van der Waals surface area contributed by atoms with Crippen LogP contribution in [0.5, 0.6) is 0 Å². The molecule has 0 unspecified atom stereocenters. The molecule has 0 amide bonds. The maximum Gasteiger partial charge on any atom is 0.310 e. The van der Waals surface area contributed by atoms with Gasteiger partial charge in [-0.3, -0.25) is 9.59 Å². The molecule has 216 valence electrons. The summed E-state index contributed by atoms with van der Waals surface area (Å²) in [5, 5.41) is 10.6. The number of hydrogen-bond acceptors (Lipinski definition) is 3. The van der Waals surface area contributed by atoms with Crippen molar-refractivity contribution in [3.63, 3.8) is 0 Å². The fraction of sp³-hybridized carbons (Fsp3) is 0.829. The highest BCUT2D eigenvalue weighted by Gasteiger charge is 2.69. The zero-order valence-corrected chi connectivity index (χ0v) is 25.6. The van der Waals surface area contributed by atoms with E-state index < -0.39 is 11.4 Å². The number of carbonyl (C=O) groups excluding carboxylic acids is 1. The number of aliphatic carboxylic acids is 1. The quantitative estimate of drug-likeness (QED) is 0.224. The highest BCUT2D eigenvalue weighted by atomic mass is 16.5. The average molecular weight is 537 g/mol. The van der Waals surface area contributed by atoms with Crippen LogP contribution in [0.4, 0.5) is 0 Å². The van der Waals surface area contributed by atoms with Gasteiger partial charge in [0.2, 0.25) is 0 Å². The molecule has 0 aromatic rings. The van der Waals surface area contributed by atoms with Gasteiger partial charge < -0.3 is 9.84 Å². The number of allylic oxidation sites excluding steroid dienone is 2. The Morgan fingerprint density at radius 3 is 2.38 bits per heavy atom. The summed E-state index contributed by atoms with van der Waals surface area (Å²) in [7, 11) is 0. The minimum atomic E-state index is -0.592. The largest absolute Gasteiger partial charge is 0.481 e. The summed E-state index contributed by atoms with van der Waals surface area (Å²) in [6.07, 6.45) is 17.6. The first-order valence-corrected chi connectivity index (χ1v) is 15.8. The first-order valence-electron chi connectivity index (χ1n) is 15.8. The van der Waals surface area contributed by atoms with E-state index in [2.05, 4.69) is 60.5 Å². The van der Waals surface area contributed by atoms with Crippen LogP contribution in [0.25, 0.3) is 0 Å². The number of esters is 1. The van der Waals surface area contributed by atoms with Crippen LogP contribution in [0.15, 0.2) is 11.6 Å². The Kier molecular flexibility index (Phi) is 6.92. The SMILES string of the molecule is C#CCCC(=O)O[C@H]1CC[C@]2(C)[C@H]3CC=C4[C@@H]5[C@@H](C)[C@H](C)CC[C@]5(C(=O)O)CC[C@@]4(C)[C@]3(C)CC[C@H]2C1(C)C. The monoisotopic (exact) mass is 536 g/mol. The molecule has 0 aromatic carbocycles. The van der Waals surface area contributed by atoms with Crippen molar-refractivity contribution in [3.05, 3.63) is 11.6 Å². The molecule has 0 aromatic heterocycles. The number of ether oxygens (including phenoxy) is 1. The molecule has 0 spiro atoms. The highest BCUT2D eigenvalue weighted by molar-refractivity contribution is 5.76. The van der Waals surface area contributed by atoms with Crippen LogP contribution in [-0.4, -0.2) is 23.1 Å². The molecule has 0 radical (unpaired) electrons. The predicted octanol–water partition coefficient (Wildman–Crippen LogP) is 8.05. The van der Waals surface area contributed by atoms with E-state index in [0.29, 0.717) is 36.5 Å². The molecule has 5 rings (SSSR count). The molecule has 10 atom stereocenters. The van der Waals surface area contributed by atoms with Crippen molar-refractivity contribution >= 4 is 11.9 Å². The Morgan fingerprint density at radius 1 is 1.00 bits per heavy atom. The lowest BCUT2D eigenvalue weighted by atomic mass is 9.33. The lowest BCUT2D eigenvalue weighted by molar-refractivity contribution is -0.214. The summed E-state index contributed by atoms with van der Waals surface area (Å²) in [6.45, 7) is 16.9. The van der Waals surface area contributed by atoms with Crippen molar-refractivity contribution in [2.45, 2.75) is 125 Å². The second-order valence-electron chi connectivity index (χ2n) is 15.7. The maximum absolute atomic E-state index is 12.9. The molecular weight excluding hydrogens is 484 g/mol. The normalized spacial score (nSPS) is 48.2. The van der Waals surface area contributed by atoms with Gasteiger partial charge in [-0.25, -0.2) is 0 Å². The molecule has 0 aliphatic heterocycles. The fourth-order valence-corrected chi connectivity index (χ4v) is 11.4. The van der Waals surface area contributed by atoms with E-state index in [1.807, 2.05) is 0 Å². The minimum absolute atomic E-state index is 0.0293. The topological polar surface area (TPSA) is 63.6 Å². The molecule has 0 bridgehead atoms. The molecular formula is C35H52O4. The van der Waals surface area contributed by atoms with E-state index in [1.165, 1.54) is 5.57 Å². The third kappa shape index (κ3) is 3.84. The molecule has 0 heterocycles. The summed E-state index contributed by atoms with van der Waals surface area (Å²) in [4.78, 5) is 25.5. The van der Waals surface area contributed by atoms with E-state index in [0.717, 1.165) is 57.8 Å². The molecule has 4 nitrogen and oxygen atoms in total. The summed E-state index contributed by atoms with van der Waals surface area (Å²) in [5.74, 6) is 3.97. The van der Waals surface area contributed by atoms with Crippen molar-refractivity contribution < 1.29 is 19.4 Å². The smallest absolute Gasteiger partial charge is 0.310 e. The standard InChI is InChI=1S/C35H52O4/c1-9-10-11-28(36)39-27-16-17-32(6)25(31(27,4)5)15-18-34(8)26(32)13-12-24-29-23(3)22(2)14-19-35(29,30(37)38)21-20-33(24,34)7/h1,12,22-23,25-27,29H,10-11,13-21H2,2-8H3,(H,37,38)/t22-,23+,25+,26-,27+,29+,32+,33-,34-,35+/m1/s1. The van der Waals surface area contributed by atoms with Gasteiger partial charge in [-0.2, -0.15) is 0 Å². The van der Waals surface area contributed by atoms with Crippen molar-refractivity contribution in [1.82, 2.24) is 0 Å². The molecule has 4 fully saturated rings. The predicted molar refractivity (Wildman–Crippen MR) is 155 cm³/mol. The van der Waals surface area contributed by atoms with Crippen LogP contribution in [0.2, 0.25) is 0 Å². The van der Waals surface area contributed by atoms with Gasteiger partial charge in [0.15, 0.2) is 0 Å². The number of carboxylic acids is 1. The summed E-state index contributed by atoms with van der Waals surface area (Å²) in [6, 6.07) is 0. The molecule has 0 saturated heterocycles. The van der Waals surface area contributed by atoms with Crippen LogP contribution >= 0.6 is 0 Å². The third-order valence-electron chi connectivity index (χ3n) is 14.1. The summed E-state index contributed by atoms with van der Waals surface area (Å²) < 4.78 is 6.08. The van der Waals surface area contributed by atoms with Crippen molar-refractivity contribution in [1.29, 1.82) is 0 Å². The molecule has 39 heavy (non-hydrogen) atoms.